The number of hydrogen-bond donors (Lipinski definition) is 4. The van der Waals surface area contributed by atoms with Crippen molar-refractivity contribution in [2.75, 3.05) is 22.9 Å². The summed E-state index contributed by atoms with van der Waals surface area (Å²) in [6.45, 7) is 14.0. The van der Waals surface area contributed by atoms with Crippen molar-refractivity contribution in [1.29, 1.82) is 0 Å². The molecule has 4 rings (SSSR count). The molecule has 6 nitrogen and oxygen atoms in total. The SMILES string of the molecule is CC(C)CN(CC(C)C)c1cc(O)c(C2C(O)C(N(c3ccccc3)c3ccccc3)C(C)(C)C2O)c(O)c1. The minimum Gasteiger partial charge on any atom is -0.507 e. The van der Waals surface area contributed by atoms with Crippen LogP contribution in [0.5, 0.6) is 11.5 Å². The lowest BCUT2D eigenvalue weighted by atomic mass is 9.82. The smallest absolute Gasteiger partial charge is 0.125 e. The molecule has 3 aromatic carbocycles. The second-order valence-electron chi connectivity index (χ2n) is 12.4. The first-order valence-corrected chi connectivity index (χ1v) is 14.0. The molecule has 1 aliphatic carbocycles. The van der Waals surface area contributed by atoms with E-state index in [0.29, 0.717) is 11.8 Å². The zero-order chi connectivity index (χ0) is 28.5. The van der Waals surface area contributed by atoms with Gasteiger partial charge in [0.25, 0.3) is 0 Å². The predicted molar refractivity (Wildman–Crippen MR) is 159 cm³/mol. The van der Waals surface area contributed by atoms with E-state index in [-0.39, 0.29) is 17.1 Å². The standard InChI is InChI=1S/C33H44N2O4/c1-21(2)19-34(20-22(3)4)25-17-26(36)28(27(37)18-25)29-30(38)31(33(5,6)32(29)39)35(23-13-9-7-10-14-23)24-15-11-8-12-16-24/h7-18,21-22,29-32,36-39H,19-20H2,1-6H3. The predicted octanol–water partition coefficient (Wildman–Crippen LogP) is 6.27. The number of phenols is 2. The molecule has 0 amide bonds. The second-order valence-corrected chi connectivity index (χ2v) is 12.4. The van der Waals surface area contributed by atoms with Crippen LogP contribution in [0.2, 0.25) is 0 Å². The first-order valence-electron chi connectivity index (χ1n) is 14.0. The molecule has 4 atom stereocenters. The summed E-state index contributed by atoms with van der Waals surface area (Å²) in [6.07, 6.45) is -2.11. The number of anilines is 3. The number of aromatic hydroxyl groups is 2. The fraction of sp³-hybridized carbons (Fsp3) is 0.455. The molecule has 1 aliphatic rings. The summed E-state index contributed by atoms with van der Waals surface area (Å²) >= 11 is 0. The molecule has 4 N–H and O–H groups in total. The van der Waals surface area contributed by atoms with Crippen molar-refractivity contribution in [1.82, 2.24) is 0 Å². The second kappa shape index (κ2) is 11.5. The maximum absolute atomic E-state index is 11.9. The van der Waals surface area contributed by atoms with Gasteiger partial charge in [0.15, 0.2) is 0 Å². The zero-order valence-corrected chi connectivity index (χ0v) is 24.0. The summed E-state index contributed by atoms with van der Waals surface area (Å²) in [5.74, 6) is -0.330. The monoisotopic (exact) mass is 532 g/mol. The highest BCUT2D eigenvalue weighted by molar-refractivity contribution is 5.66. The minimum absolute atomic E-state index is 0.118. The van der Waals surface area contributed by atoms with Crippen molar-refractivity contribution in [3.05, 3.63) is 78.4 Å². The maximum atomic E-state index is 11.9. The van der Waals surface area contributed by atoms with Gasteiger partial charge in [0.1, 0.15) is 11.5 Å². The fourth-order valence-electron chi connectivity index (χ4n) is 6.22. The quantitative estimate of drug-likeness (QED) is 0.260. The summed E-state index contributed by atoms with van der Waals surface area (Å²) in [5.41, 5.74) is 1.88. The summed E-state index contributed by atoms with van der Waals surface area (Å²) in [6, 6.07) is 22.4. The normalized spacial score (nSPS) is 22.4. The molecular weight excluding hydrogens is 488 g/mol. The molecule has 0 radical (unpaired) electrons. The number of rotatable bonds is 9. The van der Waals surface area contributed by atoms with Crippen molar-refractivity contribution in [3.8, 4) is 11.5 Å². The molecule has 0 aromatic heterocycles. The lowest BCUT2D eigenvalue weighted by Gasteiger charge is -2.41. The number of para-hydroxylation sites is 2. The van der Waals surface area contributed by atoms with Crippen LogP contribution in [-0.2, 0) is 0 Å². The van der Waals surface area contributed by atoms with Crippen molar-refractivity contribution in [2.24, 2.45) is 17.3 Å². The zero-order valence-electron chi connectivity index (χ0n) is 24.0. The highest BCUT2D eigenvalue weighted by Gasteiger charge is 2.58. The number of phenolic OH excluding ortho intramolecular Hbond substituents is 2. The lowest BCUT2D eigenvalue weighted by molar-refractivity contribution is 0.0573. The van der Waals surface area contributed by atoms with E-state index < -0.39 is 29.6 Å². The van der Waals surface area contributed by atoms with Crippen LogP contribution in [0.3, 0.4) is 0 Å². The van der Waals surface area contributed by atoms with E-state index in [4.69, 9.17) is 0 Å². The Morgan fingerprint density at radius 3 is 1.56 bits per heavy atom. The minimum atomic E-state index is -1.08. The van der Waals surface area contributed by atoms with E-state index in [1.807, 2.05) is 74.5 Å². The van der Waals surface area contributed by atoms with Gasteiger partial charge in [-0.1, -0.05) is 77.9 Å². The molecule has 4 unspecified atom stereocenters. The number of benzene rings is 3. The van der Waals surface area contributed by atoms with Gasteiger partial charge in [-0.05, 0) is 36.1 Å². The third kappa shape index (κ3) is 5.73. The van der Waals surface area contributed by atoms with Crippen LogP contribution >= 0.6 is 0 Å². The summed E-state index contributed by atoms with van der Waals surface area (Å²) < 4.78 is 0. The van der Waals surface area contributed by atoms with Crippen LogP contribution in [-0.4, -0.2) is 51.8 Å². The average molecular weight is 533 g/mol. The van der Waals surface area contributed by atoms with Gasteiger partial charge in [-0.2, -0.15) is 0 Å². The maximum Gasteiger partial charge on any atom is 0.125 e. The van der Waals surface area contributed by atoms with Gasteiger partial charge in [-0.15, -0.1) is 0 Å². The Bertz CT molecular complexity index is 1160. The van der Waals surface area contributed by atoms with Crippen LogP contribution < -0.4 is 9.80 Å². The van der Waals surface area contributed by atoms with Gasteiger partial charge in [-0.3, -0.25) is 0 Å². The molecule has 0 aliphatic heterocycles. The van der Waals surface area contributed by atoms with E-state index in [1.54, 1.807) is 12.1 Å². The molecule has 0 heterocycles. The van der Waals surface area contributed by atoms with Crippen molar-refractivity contribution < 1.29 is 20.4 Å². The molecule has 3 aromatic rings. The van der Waals surface area contributed by atoms with Crippen molar-refractivity contribution in [3.63, 3.8) is 0 Å². The molecule has 0 saturated heterocycles. The number of aliphatic hydroxyl groups excluding tert-OH is 2. The molecule has 0 spiro atoms. The Morgan fingerprint density at radius 2 is 1.15 bits per heavy atom. The highest BCUT2D eigenvalue weighted by Crippen LogP contribution is 2.55. The van der Waals surface area contributed by atoms with E-state index in [1.165, 1.54) is 0 Å². The van der Waals surface area contributed by atoms with E-state index in [2.05, 4.69) is 37.5 Å². The van der Waals surface area contributed by atoms with E-state index >= 15 is 0 Å². The highest BCUT2D eigenvalue weighted by atomic mass is 16.3. The Hall–Kier alpha value is -3.22. The van der Waals surface area contributed by atoms with E-state index in [0.717, 1.165) is 30.2 Å². The average Bonchev–Trinajstić information content (AvgIpc) is 3.04. The number of hydrogen-bond acceptors (Lipinski definition) is 6. The Balaban J connectivity index is 1.78. The van der Waals surface area contributed by atoms with Gasteiger partial charge >= 0.3 is 0 Å². The first-order chi connectivity index (χ1) is 18.4. The Labute approximate surface area is 233 Å². The summed E-state index contributed by atoms with van der Waals surface area (Å²) in [7, 11) is 0. The topological polar surface area (TPSA) is 87.4 Å². The van der Waals surface area contributed by atoms with Gasteiger partial charge in [0.2, 0.25) is 0 Å². The van der Waals surface area contributed by atoms with Gasteiger partial charge in [-0.25, -0.2) is 0 Å². The lowest BCUT2D eigenvalue weighted by Crippen LogP contribution is -2.47. The number of nitrogens with zero attached hydrogens (tertiary/aromatic N) is 2. The molecule has 6 heteroatoms. The van der Waals surface area contributed by atoms with Crippen LogP contribution in [0, 0.1) is 17.3 Å². The van der Waals surface area contributed by atoms with Crippen LogP contribution in [0.15, 0.2) is 72.8 Å². The largest absolute Gasteiger partial charge is 0.507 e. The van der Waals surface area contributed by atoms with Crippen LogP contribution in [0.4, 0.5) is 17.1 Å². The molecule has 210 valence electrons. The fourth-order valence-corrected chi connectivity index (χ4v) is 6.22. The summed E-state index contributed by atoms with van der Waals surface area (Å²) in [5, 5.41) is 46.2. The Kier molecular flexibility index (Phi) is 8.48. The third-order valence-electron chi connectivity index (χ3n) is 7.89. The first kappa shape index (κ1) is 28.8. The van der Waals surface area contributed by atoms with Gasteiger partial charge in [0, 0.05) is 59.2 Å². The molecule has 1 saturated carbocycles. The number of aliphatic hydroxyl groups is 2. The summed E-state index contributed by atoms with van der Waals surface area (Å²) in [4.78, 5) is 4.22. The Morgan fingerprint density at radius 1 is 0.718 bits per heavy atom. The van der Waals surface area contributed by atoms with Crippen LogP contribution in [0.1, 0.15) is 53.0 Å². The van der Waals surface area contributed by atoms with Gasteiger partial charge in [0.05, 0.1) is 18.2 Å². The molecule has 0 bridgehead atoms. The molecule has 1 fully saturated rings. The van der Waals surface area contributed by atoms with Crippen LogP contribution in [0.25, 0.3) is 0 Å². The van der Waals surface area contributed by atoms with Crippen molar-refractivity contribution in [2.45, 2.75) is 65.7 Å². The van der Waals surface area contributed by atoms with E-state index in [9.17, 15) is 20.4 Å². The van der Waals surface area contributed by atoms with Gasteiger partial charge < -0.3 is 30.2 Å². The molecular formula is C33H44N2O4. The molecule has 39 heavy (non-hydrogen) atoms. The third-order valence-corrected chi connectivity index (χ3v) is 7.89. The van der Waals surface area contributed by atoms with Crippen molar-refractivity contribution >= 4 is 17.1 Å².